The maximum Gasteiger partial charge on any atom is 0.417 e. The lowest BCUT2D eigenvalue weighted by atomic mass is 9.96. The second-order valence-corrected chi connectivity index (χ2v) is 13.4. The van der Waals surface area contributed by atoms with Crippen LogP contribution < -0.4 is 16.3 Å². The third kappa shape index (κ3) is 4.48. The monoisotopic (exact) mass is 627 g/mol. The van der Waals surface area contributed by atoms with Crippen molar-refractivity contribution in [1.82, 2.24) is 24.4 Å². The van der Waals surface area contributed by atoms with E-state index >= 15 is 13.2 Å². The number of hydrogen-bond acceptors (Lipinski definition) is 9. The van der Waals surface area contributed by atoms with Crippen LogP contribution >= 0.6 is 23.1 Å². The summed E-state index contributed by atoms with van der Waals surface area (Å²) in [5.41, 5.74) is 5.69. The average Bonchev–Trinajstić information content (AvgIpc) is 3.74. The minimum Gasteiger partial charge on any atom is -0.368 e. The molecular formula is C29H28F3N7O2S2. The Morgan fingerprint density at radius 3 is 2.65 bits per heavy atom. The van der Waals surface area contributed by atoms with E-state index in [1.165, 1.54) is 35.4 Å². The van der Waals surface area contributed by atoms with Gasteiger partial charge in [0, 0.05) is 57.7 Å². The zero-order valence-electron chi connectivity index (χ0n) is 23.4. The standard InChI is InChI=1S/C29H28F3N7O2S2/c1-4-21(40)37-9-14(3)38(10-13(37)2)26-16-7-18(29(30,31)32)22(17-11-42-20-8-34-27(33)35-23(17)20)25-24(16)39(28(41)36-26)19(12-43-25)15-5-6-15/h4,7-8,11,13-15,19H,1,5-6,9-10,12H2,2-3H3,(H2,33,34,35)/t13-,14?,19?/m1/s1. The van der Waals surface area contributed by atoms with Crippen molar-refractivity contribution < 1.29 is 18.0 Å². The molecular weight excluding hydrogens is 599 g/mol. The SMILES string of the molecule is C=CC(=O)N1CC(C)N(c2nc(=O)n3c4c(c(-c5csc6cnc(N)nc56)c(C(F)(F)F)cc24)SCC3C2CC2)C[C@H]1C. The van der Waals surface area contributed by atoms with Crippen molar-refractivity contribution in [2.75, 3.05) is 29.5 Å². The van der Waals surface area contributed by atoms with Crippen LogP contribution in [0.1, 0.15) is 38.3 Å². The van der Waals surface area contributed by atoms with Gasteiger partial charge in [-0.15, -0.1) is 23.1 Å². The molecule has 3 atom stereocenters. The number of thiophene rings is 1. The lowest BCUT2D eigenvalue weighted by molar-refractivity contribution is -0.137. The first kappa shape index (κ1) is 28.1. The van der Waals surface area contributed by atoms with Crippen LogP contribution in [0.4, 0.5) is 24.9 Å². The van der Waals surface area contributed by atoms with Crippen molar-refractivity contribution in [2.45, 2.75) is 55.9 Å². The molecule has 3 aromatic heterocycles. The fourth-order valence-corrected chi connectivity index (χ4v) is 8.78. The number of halogens is 3. The number of piperazine rings is 1. The van der Waals surface area contributed by atoms with E-state index in [1.807, 2.05) is 18.7 Å². The Morgan fingerprint density at radius 1 is 1.19 bits per heavy atom. The van der Waals surface area contributed by atoms with Crippen molar-refractivity contribution in [3.8, 4) is 11.1 Å². The zero-order chi connectivity index (χ0) is 30.4. The number of alkyl halides is 3. The van der Waals surface area contributed by atoms with Crippen LogP contribution in [0.15, 0.2) is 40.0 Å². The third-order valence-electron chi connectivity index (χ3n) is 8.66. The van der Waals surface area contributed by atoms with Crippen molar-refractivity contribution >= 4 is 61.9 Å². The lowest BCUT2D eigenvalue weighted by Crippen LogP contribution is -2.58. The third-order valence-corrected chi connectivity index (χ3v) is 10.8. The number of nitrogens with two attached hydrogens (primary N) is 1. The molecule has 7 rings (SSSR count). The van der Waals surface area contributed by atoms with E-state index in [0.29, 0.717) is 45.0 Å². The number of carbonyl (C=O) groups excluding carboxylic acids is 1. The number of amides is 1. The molecule has 2 fully saturated rings. The number of nitrogens with zero attached hydrogens (tertiary/aromatic N) is 6. The number of benzene rings is 1. The molecule has 43 heavy (non-hydrogen) atoms. The van der Waals surface area contributed by atoms with E-state index in [2.05, 4.69) is 21.5 Å². The summed E-state index contributed by atoms with van der Waals surface area (Å²) in [7, 11) is 0. The van der Waals surface area contributed by atoms with E-state index < -0.39 is 17.4 Å². The number of thioether (sulfide) groups is 1. The van der Waals surface area contributed by atoms with Gasteiger partial charge >= 0.3 is 11.9 Å². The number of nitrogen functional groups attached to an aromatic ring is 1. The summed E-state index contributed by atoms with van der Waals surface area (Å²) < 4.78 is 47.4. The van der Waals surface area contributed by atoms with Gasteiger partial charge in [-0.25, -0.2) is 14.8 Å². The highest BCUT2D eigenvalue weighted by molar-refractivity contribution is 7.99. The highest BCUT2D eigenvalue weighted by Crippen LogP contribution is 2.54. The summed E-state index contributed by atoms with van der Waals surface area (Å²) in [6.07, 6.45) is -0.0247. The normalized spacial score (nSPS) is 22.4. The fourth-order valence-electron chi connectivity index (χ4n) is 6.45. The van der Waals surface area contributed by atoms with Gasteiger partial charge in [0.2, 0.25) is 11.9 Å². The maximum absolute atomic E-state index is 15.0. The summed E-state index contributed by atoms with van der Waals surface area (Å²) in [5, 5.41) is 1.93. The zero-order valence-corrected chi connectivity index (χ0v) is 25.0. The maximum atomic E-state index is 15.0. The van der Waals surface area contributed by atoms with Gasteiger partial charge in [0.1, 0.15) is 5.82 Å². The van der Waals surface area contributed by atoms with Crippen LogP contribution in [0.2, 0.25) is 0 Å². The smallest absolute Gasteiger partial charge is 0.368 e. The molecule has 1 amide bonds. The summed E-state index contributed by atoms with van der Waals surface area (Å²) in [5.74, 6) is 0.707. The second kappa shape index (κ2) is 9.94. The minimum absolute atomic E-state index is 0.00304. The van der Waals surface area contributed by atoms with Crippen molar-refractivity contribution in [3.63, 3.8) is 0 Å². The average molecular weight is 628 g/mol. The molecule has 1 aromatic carbocycles. The van der Waals surface area contributed by atoms with Crippen LogP contribution in [-0.4, -0.2) is 61.3 Å². The van der Waals surface area contributed by atoms with Crippen LogP contribution in [0.3, 0.4) is 0 Å². The van der Waals surface area contributed by atoms with E-state index in [9.17, 15) is 9.59 Å². The Morgan fingerprint density at radius 2 is 1.95 bits per heavy atom. The first-order valence-corrected chi connectivity index (χ1v) is 15.9. The molecule has 2 unspecified atom stereocenters. The molecule has 0 radical (unpaired) electrons. The lowest BCUT2D eigenvalue weighted by Gasteiger charge is -2.45. The minimum atomic E-state index is -4.72. The molecule has 9 nitrogen and oxygen atoms in total. The van der Waals surface area contributed by atoms with Gasteiger partial charge < -0.3 is 15.5 Å². The van der Waals surface area contributed by atoms with Crippen molar-refractivity contribution in [3.05, 3.63) is 46.3 Å². The van der Waals surface area contributed by atoms with Crippen LogP contribution in [0.25, 0.3) is 32.2 Å². The van der Waals surface area contributed by atoms with Gasteiger partial charge in [0.25, 0.3) is 0 Å². The van der Waals surface area contributed by atoms with Gasteiger partial charge in [-0.1, -0.05) is 6.58 Å². The molecule has 0 spiro atoms. The highest BCUT2D eigenvalue weighted by atomic mass is 32.2. The number of anilines is 2. The Hall–Kier alpha value is -3.65. The first-order chi connectivity index (χ1) is 20.5. The summed E-state index contributed by atoms with van der Waals surface area (Å²) in [6.45, 7) is 7.95. The first-order valence-electron chi connectivity index (χ1n) is 14.0. The highest BCUT2D eigenvalue weighted by Gasteiger charge is 2.43. The molecule has 1 saturated carbocycles. The Labute approximate surface area is 252 Å². The van der Waals surface area contributed by atoms with Gasteiger partial charge in [-0.2, -0.15) is 18.2 Å². The molecule has 2 aliphatic heterocycles. The fraction of sp³-hybridized carbons (Fsp3) is 0.414. The number of aromatic nitrogens is 4. The predicted octanol–water partition coefficient (Wildman–Crippen LogP) is 5.34. The summed E-state index contributed by atoms with van der Waals surface area (Å²) in [6, 6.07) is 0.410. The van der Waals surface area contributed by atoms with Gasteiger partial charge in [0.05, 0.1) is 33.5 Å². The molecule has 5 heterocycles. The number of rotatable bonds is 4. The van der Waals surface area contributed by atoms with Gasteiger partial charge in [-0.05, 0) is 44.7 Å². The summed E-state index contributed by atoms with van der Waals surface area (Å²) in [4.78, 5) is 43.1. The van der Waals surface area contributed by atoms with Gasteiger partial charge in [0.15, 0.2) is 0 Å². The largest absolute Gasteiger partial charge is 0.417 e. The van der Waals surface area contributed by atoms with Crippen LogP contribution in [0, 0.1) is 5.92 Å². The number of carbonyl (C=O) groups is 1. The predicted molar refractivity (Wildman–Crippen MR) is 162 cm³/mol. The molecule has 1 saturated heterocycles. The molecule has 3 aliphatic rings. The quantitative estimate of drug-likeness (QED) is 0.302. The molecule has 4 aromatic rings. The molecule has 14 heteroatoms. The number of fused-ring (bicyclic) bond motifs is 1. The Bertz CT molecular complexity index is 1880. The van der Waals surface area contributed by atoms with E-state index in [4.69, 9.17) is 5.73 Å². The number of hydrogen-bond donors (Lipinski definition) is 1. The van der Waals surface area contributed by atoms with E-state index in [1.54, 1.807) is 14.8 Å². The topological polar surface area (TPSA) is 110 Å². The Kier molecular flexibility index (Phi) is 6.51. The van der Waals surface area contributed by atoms with Crippen LogP contribution in [-0.2, 0) is 11.0 Å². The van der Waals surface area contributed by atoms with E-state index in [0.717, 1.165) is 18.9 Å². The molecule has 2 N–H and O–H groups in total. The van der Waals surface area contributed by atoms with Crippen LogP contribution in [0.5, 0.6) is 0 Å². The summed E-state index contributed by atoms with van der Waals surface area (Å²) >= 11 is 2.61. The van der Waals surface area contributed by atoms with Crippen molar-refractivity contribution in [1.29, 1.82) is 0 Å². The molecule has 0 bridgehead atoms. The van der Waals surface area contributed by atoms with Gasteiger partial charge in [-0.3, -0.25) is 9.36 Å². The van der Waals surface area contributed by atoms with E-state index in [-0.39, 0.29) is 52.7 Å². The van der Waals surface area contributed by atoms with Crippen molar-refractivity contribution in [2.24, 2.45) is 5.92 Å². The molecule has 1 aliphatic carbocycles. The Balaban J connectivity index is 1.53. The second-order valence-electron chi connectivity index (χ2n) is 11.5. The molecule has 224 valence electrons.